The molecule has 0 heterocycles. The van der Waals surface area contributed by atoms with Crippen molar-refractivity contribution in [1.29, 1.82) is 0 Å². The van der Waals surface area contributed by atoms with Gasteiger partial charge in [0.05, 0.1) is 0 Å². The highest BCUT2D eigenvalue weighted by atomic mass is 35.5. The molecule has 108 valence electrons. The second-order valence-electron chi connectivity index (χ2n) is 4.81. The van der Waals surface area contributed by atoms with Crippen molar-refractivity contribution >= 4 is 17.7 Å². The number of rotatable bonds is 5. The fourth-order valence-corrected chi connectivity index (χ4v) is 2.17. The molecular weight excluding hydrogens is 287 g/mol. The molecule has 0 aromatic heterocycles. The molecule has 3 heteroatoms. The molecule has 0 aliphatic heterocycles. The molecule has 0 fully saturated rings. The van der Waals surface area contributed by atoms with Gasteiger partial charge in [-0.3, -0.25) is 0 Å². The topological polar surface area (TPSA) is 20.2 Å². The predicted molar refractivity (Wildman–Crippen MR) is 85.6 cm³/mol. The van der Waals surface area contributed by atoms with E-state index in [9.17, 15) is 9.50 Å². The van der Waals surface area contributed by atoms with E-state index < -0.39 is 5.60 Å². The Morgan fingerprint density at radius 2 is 1.71 bits per heavy atom. The van der Waals surface area contributed by atoms with Crippen molar-refractivity contribution in [2.45, 2.75) is 12.0 Å². The van der Waals surface area contributed by atoms with Crippen LogP contribution in [0.25, 0.3) is 6.08 Å². The molecule has 2 rings (SSSR count). The summed E-state index contributed by atoms with van der Waals surface area (Å²) in [7, 11) is 0. The average molecular weight is 303 g/mol. The zero-order valence-electron chi connectivity index (χ0n) is 11.5. The second-order valence-corrected chi connectivity index (χ2v) is 5.25. The molecule has 2 aromatic rings. The lowest BCUT2D eigenvalue weighted by molar-refractivity contribution is 0.0938. The maximum Gasteiger partial charge on any atom is 0.123 e. The van der Waals surface area contributed by atoms with Crippen LogP contribution in [0, 0.1) is 5.82 Å². The van der Waals surface area contributed by atoms with Gasteiger partial charge in [-0.15, -0.1) is 6.58 Å². The minimum absolute atomic E-state index is 0.332. The van der Waals surface area contributed by atoms with Crippen molar-refractivity contribution in [1.82, 2.24) is 0 Å². The van der Waals surface area contributed by atoms with E-state index >= 15 is 0 Å². The van der Waals surface area contributed by atoms with Gasteiger partial charge in [0.1, 0.15) is 11.4 Å². The summed E-state index contributed by atoms with van der Waals surface area (Å²) < 4.78 is 13.0. The Bertz CT molecular complexity index is 631. The van der Waals surface area contributed by atoms with E-state index in [4.69, 9.17) is 11.6 Å². The maximum atomic E-state index is 13.0. The van der Waals surface area contributed by atoms with E-state index in [2.05, 4.69) is 6.58 Å². The van der Waals surface area contributed by atoms with E-state index in [1.807, 2.05) is 18.2 Å². The van der Waals surface area contributed by atoms with Gasteiger partial charge in [-0.25, -0.2) is 4.39 Å². The van der Waals surface area contributed by atoms with Gasteiger partial charge in [0.25, 0.3) is 0 Å². The van der Waals surface area contributed by atoms with E-state index in [0.717, 1.165) is 5.56 Å². The summed E-state index contributed by atoms with van der Waals surface area (Å²) in [5.74, 6) is -0.332. The molecule has 1 atom stereocenters. The molecule has 0 spiro atoms. The fourth-order valence-electron chi connectivity index (χ4n) is 2.05. The number of benzene rings is 2. The quantitative estimate of drug-likeness (QED) is 0.774. The first-order chi connectivity index (χ1) is 10.0. The number of aliphatic hydroxyl groups is 1. The zero-order chi connectivity index (χ0) is 15.3. The number of hydrogen-bond donors (Lipinski definition) is 1. The van der Waals surface area contributed by atoms with Crippen LogP contribution in [0.5, 0.6) is 0 Å². The molecule has 1 N–H and O–H groups in total. The Kier molecular flexibility index (Phi) is 4.94. The Morgan fingerprint density at radius 3 is 2.29 bits per heavy atom. The molecule has 0 amide bonds. The van der Waals surface area contributed by atoms with Crippen LogP contribution in [-0.2, 0) is 5.60 Å². The van der Waals surface area contributed by atoms with Crippen molar-refractivity contribution in [2.24, 2.45) is 0 Å². The van der Waals surface area contributed by atoms with E-state index in [1.165, 1.54) is 12.1 Å². The van der Waals surface area contributed by atoms with Crippen LogP contribution in [-0.4, -0.2) is 5.11 Å². The van der Waals surface area contributed by atoms with Crippen molar-refractivity contribution < 1.29 is 9.50 Å². The molecule has 0 aliphatic rings. The van der Waals surface area contributed by atoms with Crippen molar-refractivity contribution in [3.05, 3.63) is 89.2 Å². The summed E-state index contributed by atoms with van der Waals surface area (Å²) >= 11 is 5.84. The Balaban J connectivity index is 2.31. The molecule has 0 radical (unpaired) electrons. The molecule has 0 saturated carbocycles. The van der Waals surface area contributed by atoms with Gasteiger partial charge in [0.15, 0.2) is 0 Å². The fraction of sp³-hybridized carbons (Fsp3) is 0.111. The molecule has 21 heavy (non-hydrogen) atoms. The van der Waals surface area contributed by atoms with Crippen molar-refractivity contribution in [3.8, 4) is 0 Å². The summed E-state index contributed by atoms with van der Waals surface area (Å²) in [5.41, 5.74) is 0.327. The van der Waals surface area contributed by atoms with Crippen LogP contribution in [0.4, 0.5) is 4.39 Å². The third kappa shape index (κ3) is 4.03. The first-order valence-corrected chi connectivity index (χ1v) is 6.95. The highest BCUT2D eigenvalue weighted by Crippen LogP contribution is 2.28. The minimum atomic E-state index is -1.21. The van der Waals surface area contributed by atoms with Crippen LogP contribution < -0.4 is 0 Å². The smallest absolute Gasteiger partial charge is 0.123 e. The predicted octanol–water partition coefficient (Wildman–Crippen LogP) is 4.96. The summed E-state index contributed by atoms with van der Waals surface area (Å²) in [4.78, 5) is 0. The van der Waals surface area contributed by atoms with Gasteiger partial charge in [-0.05, 0) is 41.5 Å². The van der Waals surface area contributed by atoms with Crippen LogP contribution in [0.1, 0.15) is 17.5 Å². The van der Waals surface area contributed by atoms with E-state index in [1.54, 1.807) is 36.4 Å². The van der Waals surface area contributed by atoms with Gasteiger partial charge in [-0.2, -0.15) is 0 Å². The van der Waals surface area contributed by atoms with Crippen LogP contribution in [0.15, 0.2) is 67.3 Å². The summed E-state index contributed by atoms with van der Waals surface area (Å²) in [6, 6.07) is 13.1. The maximum absolute atomic E-state index is 13.0. The van der Waals surface area contributed by atoms with Gasteiger partial charge in [0, 0.05) is 11.4 Å². The third-order valence-electron chi connectivity index (χ3n) is 3.22. The Hall–Kier alpha value is -1.90. The standard InChI is InChI=1S/C18H16ClFO/c1-2-12-18(21,15-5-9-17(20)10-6-15)13-11-14-3-7-16(19)8-4-14/h2-11,13,21H,1,12H2/b13-11+. The van der Waals surface area contributed by atoms with Crippen LogP contribution >= 0.6 is 11.6 Å². The normalized spacial score (nSPS) is 14.0. The summed E-state index contributed by atoms with van der Waals surface area (Å²) in [6.45, 7) is 3.67. The molecule has 1 unspecified atom stereocenters. The highest BCUT2D eigenvalue weighted by molar-refractivity contribution is 6.30. The Morgan fingerprint density at radius 1 is 1.10 bits per heavy atom. The largest absolute Gasteiger partial charge is 0.381 e. The van der Waals surface area contributed by atoms with Gasteiger partial charge >= 0.3 is 0 Å². The number of hydrogen-bond acceptors (Lipinski definition) is 1. The van der Waals surface area contributed by atoms with Gasteiger partial charge in [0.2, 0.25) is 0 Å². The first-order valence-electron chi connectivity index (χ1n) is 6.58. The Labute approximate surface area is 129 Å². The van der Waals surface area contributed by atoms with E-state index in [0.29, 0.717) is 17.0 Å². The van der Waals surface area contributed by atoms with Crippen LogP contribution in [0.3, 0.4) is 0 Å². The SMILES string of the molecule is C=CCC(O)(/C=C/c1ccc(Cl)cc1)c1ccc(F)cc1. The third-order valence-corrected chi connectivity index (χ3v) is 3.47. The summed E-state index contributed by atoms with van der Waals surface area (Å²) in [5, 5.41) is 11.4. The molecule has 1 nitrogen and oxygen atoms in total. The molecule has 2 aromatic carbocycles. The molecule has 0 saturated heterocycles. The second kappa shape index (κ2) is 6.70. The van der Waals surface area contributed by atoms with Crippen LogP contribution in [0.2, 0.25) is 5.02 Å². The zero-order valence-corrected chi connectivity index (χ0v) is 12.2. The summed E-state index contributed by atoms with van der Waals surface area (Å²) in [6.07, 6.45) is 5.46. The monoisotopic (exact) mass is 302 g/mol. The van der Waals surface area contributed by atoms with Crippen molar-refractivity contribution in [3.63, 3.8) is 0 Å². The lowest BCUT2D eigenvalue weighted by Gasteiger charge is -2.24. The first kappa shape index (κ1) is 15.5. The van der Waals surface area contributed by atoms with Gasteiger partial charge in [-0.1, -0.05) is 48.0 Å². The lowest BCUT2D eigenvalue weighted by Crippen LogP contribution is -2.21. The minimum Gasteiger partial charge on any atom is -0.381 e. The lowest BCUT2D eigenvalue weighted by atomic mass is 9.89. The molecule has 0 aliphatic carbocycles. The van der Waals surface area contributed by atoms with Crippen molar-refractivity contribution in [2.75, 3.05) is 0 Å². The molecular formula is C18H16ClFO. The van der Waals surface area contributed by atoms with Gasteiger partial charge < -0.3 is 5.11 Å². The number of halogens is 2. The van der Waals surface area contributed by atoms with E-state index in [-0.39, 0.29) is 5.82 Å². The average Bonchev–Trinajstić information content (AvgIpc) is 2.48. The highest BCUT2D eigenvalue weighted by Gasteiger charge is 2.24. The molecule has 0 bridgehead atoms.